The summed E-state index contributed by atoms with van der Waals surface area (Å²) in [6, 6.07) is 4.39. The summed E-state index contributed by atoms with van der Waals surface area (Å²) >= 11 is 7.10. The van der Waals surface area contributed by atoms with E-state index in [9.17, 15) is 8.78 Å². The van der Waals surface area contributed by atoms with Crippen LogP contribution in [0, 0.1) is 0 Å². The van der Waals surface area contributed by atoms with Crippen LogP contribution in [0.5, 0.6) is 0 Å². The molecular formula is C9H6ClF2NS. The van der Waals surface area contributed by atoms with E-state index in [1.165, 1.54) is 23.5 Å². The van der Waals surface area contributed by atoms with Gasteiger partial charge < -0.3 is 5.73 Å². The largest absolute Gasteiger partial charge is 0.391 e. The van der Waals surface area contributed by atoms with Gasteiger partial charge in [0, 0.05) is 20.7 Å². The van der Waals surface area contributed by atoms with Crippen LogP contribution in [0.4, 0.5) is 13.8 Å². The first-order valence-corrected chi connectivity index (χ1v) is 5.04. The topological polar surface area (TPSA) is 26.0 Å². The predicted octanol–water partition coefficient (Wildman–Crippen LogP) is 4.07. The van der Waals surface area contributed by atoms with Crippen LogP contribution in [0.15, 0.2) is 18.2 Å². The van der Waals surface area contributed by atoms with Gasteiger partial charge in [0.25, 0.3) is 6.43 Å². The van der Waals surface area contributed by atoms with Crippen molar-refractivity contribution in [3.8, 4) is 0 Å². The van der Waals surface area contributed by atoms with Crippen molar-refractivity contribution in [3.63, 3.8) is 0 Å². The van der Waals surface area contributed by atoms with Crippen LogP contribution in [-0.4, -0.2) is 0 Å². The van der Waals surface area contributed by atoms with Crippen LogP contribution >= 0.6 is 22.9 Å². The Kier molecular flexibility index (Phi) is 2.33. The van der Waals surface area contributed by atoms with Gasteiger partial charge in [-0.05, 0) is 18.2 Å². The lowest BCUT2D eigenvalue weighted by Crippen LogP contribution is -1.82. The predicted molar refractivity (Wildman–Crippen MR) is 56.2 cm³/mol. The highest BCUT2D eigenvalue weighted by atomic mass is 35.5. The van der Waals surface area contributed by atoms with Crippen molar-refractivity contribution in [1.29, 1.82) is 0 Å². The maximum atomic E-state index is 12.4. The number of nitrogen functional groups attached to an aromatic ring is 1. The van der Waals surface area contributed by atoms with E-state index in [1.807, 2.05) is 0 Å². The van der Waals surface area contributed by atoms with Crippen LogP contribution < -0.4 is 5.73 Å². The zero-order chi connectivity index (χ0) is 10.3. The molecule has 2 rings (SSSR count). The van der Waals surface area contributed by atoms with Crippen molar-refractivity contribution in [2.75, 3.05) is 5.73 Å². The molecule has 0 bridgehead atoms. The normalized spacial score (nSPS) is 11.4. The Hall–Kier alpha value is -0.870. The van der Waals surface area contributed by atoms with E-state index in [4.69, 9.17) is 17.3 Å². The number of halogens is 3. The molecule has 1 aromatic heterocycles. The maximum absolute atomic E-state index is 12.4. The van der Waals surface area contributed by atoms with Crippen molar-refractivity contribution >= 4 is 38.0 Å². The molecule has 0 atom stereocenters. The molecule has 14 heavy (non-hydrogen) atoms. The molecule has 0 aliphatic heterocycles. The maximum Gasteiger partial charge on any atom is 0.263 e. The minimum Gasteiger partial charge on any atom is -0.391 e. The first kappa shape index (κ1) is 9.68. The summed E-state index contributed by atoms with van der Waals surface area (Å²) < 4.78 is 25.5. The van der Waals surface area contributed by atoms with E-state index in [0.717, 1.165) is 5.39 Å². The Balaban J connectivity index is 2.71. The molecule has 0 unspecified atom stereocenters. The molecule has 0 aliphatic rings. The van der Waals surface area contributed by atoms with Crippen molar-refractivity contribution in [3.05, 3.63) is 28.8 Å². The summed E-state index contributed by atoms with van der Waals surface area (Å²) in [4.78, 5) is 0. The van der Waals surface area contributed by atoms with E-state index in [0.29, 0.717) is 14.7 Å². The Morgan fingerprint density at radius 3 is 2.64 bits per heavy atom. The van der Waals surface area contributed by atoms with Gasteiger partial charge in [-0.25, -0.2) is 8.78 Å². The minimum atomic E-state index is -2.50. The van der Waals surface area contributed by atoms with Gasteiger partial charge in [-0.15, -0.1) is 11.3 Å². The Morgan fingerprint density at radius 1 is 1.29 bits per heavy atom. The second-order valence-electron chi connectivity index (χ2n) is 2.86. The summed E-state index contributed by atoms with van der Waals surface area (Å²) in [6.07, 6.45) is -2.50. The Bertz CT molecular complexity index is 481. The molecule has 0 spiro atoms. The lowest BCUT2D eigenvalue weighted by molar-refractivity contribution is 0.151. The molecule has 5 heteroatoms. The zero-order valence-electron chi connectivity index (χ0n) is 6.93. The van der Waals surface area contributed by atoms with E-state index in [1.54, 1.807) is 6.07 Å². The summed E-state index contributed by atoms with van der Waals surface area (Å²) in [5.41, 5.74) is 5.49. The van der Waals surface area contributed by atoms with Gasteiger partial charge in [-0.3, -0.25) is 0 Å². The van der Waals surface area contributed by atoms with Crippen LogP contribution in [0.3, 0.4) is 0 Å². The second-order valence-corrected chi connectivity index (χ2v) is 4.39. The zero-order valence-corrected chi connectivity index (χ0v) is 8.50. The van der Waals surface area contributed by atoms with Gasteiger partial charge in [-0.2, -0.15) is 0 Å². The summed E-state index contributed by atoms with van der Waals surface area (Å²) in [6.45, 7) is 0. The summed E-state index contributed by atoms with van der Waals surface area (Å²) in [7, 11) is 0. The molecule has 0 radical (unpaired) electrons. The molecule has 2 aromatic rings. The molecule has 0 saturated heterocycles. The number of anilines is 1. The van der Waals surface area contributed by atoms with Crippen LogP contribution in [0.2, 0.25) is 5.02 Å². The van der Waals surface area contributed by atoms with Gasteiger partial charge in [0.1, 0.15) is 0 Å². The number of alkyl halides is 2. The smallest absolute Gasteiger partial charge is 0.263 e. The highest BCUT2D eigenvalue weighted by Crippen LogP contribution is 2.36. The molecule has 1 nitrogen and oxygen atoms in total. The van der Waals surface area contributed by atoms with Crippen LogP contribution in [0.1, 0.15) is 12.0 Å². The number of nitrogens with two attached hydrogens (primary N) is 1. The number of hydrogen-bond acceptors (Lipinski definition) is 2. The van der Waals surface area contributed by atoms with Crippen molar-refractivity contribution in [2.45, 2.75) is 6.43 Å². The lowest BCUT2D eigenvalue weighted by Gasteiger charge is -2.00. The lowest BCUT2D eigenvalue weighted by atomic mass is 10.2. The second kappa shape index (κ2) is 3.37. The molecule has 0 aliphatic carbocycles. The minimum absolute atomic E-state index is 0.0654. The van der Waals surface area contributed by atoms with Crippen LogP contribution in [-0.2, 0) is 0 Å². The SMILES string of the molecule is Nc1cc2c(Cl)cc(C(F)F)cc2s1. The first-order valence-electron chi connectivity index (χ1n) is 3.84. The van der Waals surface area contributed by atoms with E-state index in [-0.39, 0.29) is 5.56 Å². The number of rotatable bonds is 1. The standard InChI is InChI=1S/C9H6ClF2NS/c10-6-1-4(9(11)12)2-7-5(6)3-8(13)14-7/h1-3,9H,13H2. The molecule has 1 heterocycles. The quantitative estimate of drug-likeness (QED) is 0.789. The highest BCUT2D eigenvalue weighted by Gasteiger charge is 2.11. The number of hydrogen-bond donors (Lipinski definition) is 1. The van der Waals surface area contributed by atoms with E-state index in [2.05, 4.69) is 0 Å². The van der Waals surface area contributed by atoms with E-state index >= 15 is 0 Å². The molecule has 0 fully saturated rings. The van der Waals surface area contributed by atoms with E-state index < -0.39 is 6.43 Å². The van der Waals surface area contributed by atoms with Crippen LogP contribution in [0.25, 0.3) is 10.1 Å². The van der Waals surface area contributed by atoms with Gasteiger partial charge in [0.05, 0.1) is 5.00 Å². The van der Waals surface area contributed by atoms with Gasteiger partial charge >= 0.3 is 0 Å². The average molecular weight is 234 g/mol. The Morgan fingerprint density at radius 2 is 2.00 bits per heavy atom. The number of fused-ring (bicyclic) bond motifs is 1. The summed E-state index contributed by atoms with van der Waals surface area (Å²) in [5, 5.41) is 1.64. The Labute approximate surface area is 88.1 Å². The summed E-state index contributed by atoms with van der Waals surface area (Å²) in [5.74, 6) is 0. The van der Waals surface area contributed by atoms with Gasteiger partial charge in [0.2, 0.25) is 0 Å². The molecule has 1 aromatic carbocycles. The molecule has 74 valence electrons. The van der Waals surface area contributed by atoms with Gasteiger partial charge in [0.15, 0.2) is 0 Å². The fourth-order valence-electron chi connectivity index (χ4n) is 1.26. The fraction of sp³-hybridized carbons (Fsp3) is 0.111. The number of thiophene rings is 1. The highest BCUT2D eigenvalue weighted by molar-refractivity contribution is 7.22. The third-order valence-electron chi connectivity index (χ3n) is 1.88. The fourth-order valence-corrected chi connectivity index (χ4v) is 2.50. The molecule has 0 amide bonds. The number of benzene rings is 1. The molecule has 2 N–H and O–H groups in total. The first-order chi connectivity index (χ1) is 6.58. The molecular weight excluding hydrogens is 228 g/mol. The van der Waals surface area contributed by atoms with Crippen molar-refractivity contribution in [1.82, 2.24) is 0 Å². The third kappa shape index (κ3) is 1.55. The average Bonchev–Trinajstić information content (AvgIpc) is 2.45. The van der Waals surface area contributed by atoms with Crippen molar-refractivity contribution < 1.29 is 8.78 Å². The van der Waals surface area contributed by atoms with Crippen molar-refractivity contribution in [2.24, 2.45) is 0 Å². The molecule has 0 saturated carbocycles. The third-order valence-corrected chi connectivity index (χ3v) is 3.10. The monoisotopic (exact) mass is 233 g/mol. The van der Waals surface area contributed by atoms with Gasteiger partial charge in [-0.1, -0.05) is 11.6 Å².